The van der Waals surface area contributed by atoms with Crippen molar-refractivity contribution in [2.75, 3.05) is 18.1 Å². The van der Waals surface area contributed by atoms with Crippen molar-refractivity contribution < 1.29 is 17.4 Å². The average molecular weight is 418 g/mol. The van der Waals surface area contributed by atoms with Crippen molar-refractivity contribution in [1.82, 2.24) is 5.32 Å². The number of primary sulfonamides is 1. The van der Waals surface area contributed by atoms with Crippen molar-refractivity contribution in [3.8, 4) is 0 Å². The van der Waals surface area contributed by atoms with Gasteiger partial charge in [0, 0.05) is 33.3 Å². The lowest BCUT2D eigenvalue weighted by Crippen LogP contribution is -2.28. The minimum atomic E-state index is -3.98. The second kappa shape index (κ2) is 7.68. The van der Waals surface area contributed by atoms with Gasteiger partial charge in [0.15, 0.2) is 0 Å². The smallest absolute Gasteiger partial charge is 0.252 e. The van der Waals surface area contributed by atoms with Crippen molar-refractivity contribution in [2.24, 2.45) is 5.14 Å². The van der Waals surface area contributed by atoms with E-state index in [1.807, 2.05) is 0 Å². The summed E-state index contributed by atoms with van der Waals surface area (Å²) in [6.45, 7) is 1.98. The van der Waals surface area contributed by atoms with E-state index in [-0.39, 0.29) is 26.5 Å². The summed E-state index contributed by atoms with van der Waals surface area (Å²) >= 11 is 8.96. The van der Waals surface area contributed by atoms with Crippen molar-refractivity contribution >= 4 is 54.3 Å². The molecule has 1 aromatic carbocycles. The zero-order valence-electron chi connectivity index (χ0n) is 11.1. The van der Waals surface area contributed by atoms with Crippen LogP contribution in [0.15, 0.2) is 21.5 Å². The Morgan fingerprint density at radius 1 is 1.48 bits per heavy atom. The summed E-state index contributed by atoms with van der Waals surface area (Å²) in [7, 11) is -4.98. The Kier molecular flexibility index (Phi) is 6.79. The minimum absolute atomic E-state index is 0.00817. The highest BCUT2D eigenvalue weighted by molar-refractivity contribution is 9.10. The predicted molar refractivity (Wildman–Crippen MR) is 86.4 cm³/mol. The first-order valence-corrected chi connectivity index (χ1v) is 10.0. The third-order valence-corrected chi connectivity index (χ3v) is 6.00. The lowest BCUT2D eigenvalue weighted by molar-refractivity contribution is 0.0956. The van der Waals surface area contributed by atoms with Gasteiger partial charge in [-0.15, -0.1) is 0 Å². The van der Waals surface area contributed by atoms with Gasteiger partial charge in [-0.3, -0.25) is 9.00 Å². The van der Waals surface area contributed by atoms with Crippen molar-refractivity contribution in [1.29, 1.82) is 0 Å². The molecular weight excluding hydrogens is 404 g/mol. The molecule has 0 aliphatic heterocycles. The fraction of sp³-hybridized carbons (Fsp3) is 0.364. The van der Waals surface area contributed by atoms with E-state index in [0.717, 1.165) is 6.07 Å². The number of carbonyl (C=O) groups excluding carboxylic acids is 1. The molecule has 0 bridgehead atoms. The van der Waals surface area contributed by atoms with Gasteiger partial charge in [-0.2, -0.15) is 0 Å². The Bertz CT molecular complexity index is 679. The first-order valence-electron chi connectivity index (χ1n) is 5.81. The zero-order chi connectivity index (χ0) is 16.2. The highest BCUT2D eigenvalue weighted by Gasteiger charge is 2.19. The molecule has 3 N–H and O–H groups in total. The Morgan fingerprint density at radius 3 is 2.62 bits per heavy atom. The maximum absolute atomic E-state index is 12.0. The molecule has 0 aromatic heterocycles. The maximum Gasteiger partial charge on any atom is 0.252 e. The van der Waals surface area contributed by atoms with Crippen LogP contribution in [0.3, 0.4) is 0 Å². The summed E-state index contributed by atoms with van der Waals surface area (Å²) in [5.41, 5.74) is -0.00817. The van der Waals surface area contributed by atoms with Crippen LogP contribution in [0.25, 0.3) is 0 Å². The molecule has 21 heavy (non-hydrogen) atoms. The Balaban J connectivity index is 2.97. The van der Waals surface area contributed by atoms with Gasteiger partial charge in [-0.25, -0.2) is 13.6 Å². The van der Waals surface area contributed by atoms with Crippen LogP contribution in [0.1, 0.15) is 17.3 Å². The fourth-order valence-electron chi connectivity index (χ4n) is 1.44. The number of sulfonamides is 1. The fourth-order valence-corrected chi connectivity index (χ4v) is 4.07. The second-order valence-electron chi connectivity index (χ2n) is 4.00. The highest BCUT2D eigenvalue weighted by Crippen LogP contribution is 2.28. The van der Waals surface area contributed by atoms with E-state index in [1.54, 1.807) is 6.92 Å². The summed E-state index contributed by atoms with van der Waals surface area (Å²) in [6, 6.07) is 2.40. The molecule has 6 nitrogen and oxygen atoms in total. The van der Waals surface area contributed by atoms with Gasteiger partial charge in [0.05, 0.1) is 15.5 Å². The topological polar surface area (TPSA) is 106 Å². The summed E-state index contributed by atoms with van der Waals surface area (Å²) in [6.07, 6.45) is 0. The van der Waals surface area contributed by atoms with Crippen LogP contribution in [-0.2, 0) is 20.8 Å². The van der Waals surface area contributed by atoms with Gasteiger partial charge in [0.1, 0.15) is 0 Å². The van der Waals surface area contributed by atoms with Crippen molar-refractivity contribution in [2.45, 2.75) is 11.8 Å². The number of hydrogen-bond donors (Lipinski definition) is 2. The normalized spacial score (nSPS) is 13.0. The third-order valence-electron chi connectivity index (χ3n) is 2.51. The molecule has 0 radical (unpaired) electrons. The first kappa shape index (κ1) is 18.6. The number of halogens is 2. The minimum Gasteiger partial charge on any atom is -0.351 e. The number of rotatable bonds is 6. The molecule has 1 atom stereocenters. The largest absolute Gasteiger partial charge is 0.351 e. The second-order valence-corrected chi connectivity index (χ2v) is 8.65. The molecule has 0 saturated carbocycles. The van der Waals surface area contributed by atoms with Gasteiger partial charge >= 0.3 is 0 Å². The van der Waals surface area contributed by atoms with E-state index < -0.39 is 26.7 Å². The molecule has 10 heteroatoms. The molecule has 1 unspecified atom stereocenters. The average Bonchev–Trinajstić information content (AvgIpc) is 2.36. The van der Waals surface area contributed by atoms with Crippen LogP contribution in [-0.4, -0.2) is 36.6 Å². The summed E-state index contributed by atoms with van der Waals surface area (Å²) < 4.78 is 34.3. The van der Waals surface area contributed by atoms with E-state index in [1.165, 1.54) is 6.07 Å². The number of benzene rings is 1. The van der Waals surface area contributed by atoms with E-state index in [0.29, 0.717) is 11.5 Å². The number of nitrogens with one attached hydrogen (secondary N) is 1. The zero-order valence-corrected chi connectivity index (χ0v) is 15.0. The van der Waals surface area contributed by atoms with E-state index >= 15 is 0 Å². The van der Waals surface area contributed by atoms with Crippen LogP contribution < -0.4 is 10.5 Å². The van der Waals surface area contributed by atoms with Crippen LogP contribution in [0.5, 0.6) is 0 Å². The SMILES string of the molecule is CCS(=O)CCNC(=O)c1cc(S(N)(=O)=O)c(Br)cc1Cl. The van der Waals surface area contributed by atoms with Crippen LogP contribution in [0.2, 0.25) is 5.02 Å². The molecule has 0 fully saturated rings. The van der Waals surface area contributed by atoms with Gasteiger partial charge in [0.25, 0.3) is 5.91 Å². The van der Waals surface area contributed by atoms with Gasteiger partial charge in [-0.05, 0) is 28.1 Å². The summed E-state index contributed by atoms with van der Waals surface area (Å²) in [5, 5.41) is 7.68. The Hall–Kier alpha value is -0.480. The summed E-state index contributed by atoms with van der Waals surface area (Å²) in [4.78, 5) is 11.8. The van der Waals surface area contributed by atoms with Gasteiger partial charge in [-0.1, -0.05) is 18.5 Å². The van der Waals surface area contributed by atoms with Crippen LogP contribution in [0, 0.1) is 0 Å². The number of carbonyl (C=O) groups is 1. The van der Waals surface area contributed by atoms with E-state index in [4.69, 9.17) is 16.7 Å². The van der Waals surface area contributed by atoms with E-state index in [9.17, 15) is 17.4 Å². The Labute approximate surface area is 139 Å². The lowest BCUT2D eigenvalue weighted by Gasteiger charge is -2.09. The molecular formula is C11H14BrClN2O4S2. The number of nitrogens with two attached hydrogens (primary N) is 1. The molecule has 0 saturated heterocycles. The molecule has 0 spiro atoms. The molecule has 0 heterocycles. The number of amides is 1. The lowest BCUT2D eigenvalue weighted by atomic mass is 10.2. The highest BCUT2D eigenvalue weighted by atomic mass is 79.9. The Morgan fingerprint density at radius 2 is 2.10 bits per heavy atom. The first-order chi connectivity index (χ1) is 9.66. The van der Waals surface area contributed by atoms with Crippen LogP contribution in [0.4, 0.5) is 0 Å². The molecule has 1 amide bonds. The van der Waals surface area contributed by atoms with Gasteiger partial charge < -0.3 is 5.32 Å². The van der Waals surface area contributed by atoms with Crippen molar-refractivity contribution in [3.63, 3.8) is 0 Å². The third kappa shape index (κ3) is 5.33. The maximum atomic E-state index is 12.0. The quantitative estimate of drug-likeness (QED) is 0.726. The molecule has 1 rings (SSSR count). The molecule has 0 aliphatic rings. The van der Waals surface area contributed by atoms with E-state index in [2.05, 4.69) is 21.2 Å². The van der Waals surface area contributed by atoms with Crippen LogP contribution >= 0.6 is 27.5 Å². The molecule has 0 aliphatic carbocycles. The van der Waals surface area contributed by atoms with Crippen molar-refractivity contribution in [3.05, 3.63) is 27.2 Å². The number of hydrogen-bond acceptors (Lipinski definition) is 4. The summed E-state index contributed by atoms with van der Waals surface area (Å²) in [5.74, 6) is 0.272. The molecule has 118 valence electrons. The van der Waals surface area contributed by atoms with Gasteiger partial charge in [0.2, 0.25) is 10.0 Å². The molecule has 1 aromatic rings. The standard InChI is InChI=1S/C11H14BrClN2O4S2/c1-2-20(17)4-3-15-11(16)7-5-10(21(14,18)19)8(12)6-9(7)13/h5-6H,2-4H2,1H3,(H,15,16)(H2,14,18,19). The predicted octanol–water partition coefficient (Wildman–Crippen LogP) is 1.25. The monoisotopic (exact) mass is 416 g/mol.